The molecule has 15 heavy (non-hydrogen) atoms. The summed E-state index contributed by atoms with van der Waals surface area (Å²) in [6, 6.07) is 3.70. The largest absolute Gasteiger partial charge is 0.468 e. The Morgan fingerprint density at radius 2 is 2.40 bits per heavy atom. The molecule has 5 heteroatoms. The number of furan rings is 1. The lowest BCUT2D eigenvalue weighted by Crippen LogP contribution is -1.95. The quantitative estimate of drug-likeness (QED) is 0.793. The van der Waals surface area contributed by atoms with Crippen LogP contribution in [-0.4, -0.2) is 10.2 Å². The van der Waals surface area contributed by atoms with Gasteiger partial charge in [-0.25, -0.2) is 0 Å². The lowest BCUT2D eigenvalue weighted by molar-refractivity contribution is 0.260. The van der Waals surface area contributed by atoms with Crippen LogP contribution in [0.25, 0.3) is 0 Å². The van der Waals surface area contributed by atoms with Crippen molar-refractivity contribution in [1.82, 2.24) is 10.2 Å². The van der Waals surface area contributed by atoms with Gasteiger partial charge < -0.3 is 14.9 Å². The van der Waals surface area contributed by atoms with Crippen molar-refractivity contribution in [3.8, 4) is 5.88 Å². The van der Waals surface area contributed by atoms with Crippen molar-refractivity contribution in [3.63, 3.8) is 0 Å². The summed E-state index contributed by atoms with van der Waals surface area (Å²) in [6.07, 6.45) is 1.63. The van der Waals surface area contributed by atoms with Crippen molar-refractivity contribution in [2.75, 3.05) is 0 Å². The van der Waals surface area contributed by atoms with Crippen LogP contribution in [0, 0.1) is 6.92 Å². The van der Waals surface area contributed by atoms with Gasteiger partial charge in [0.15, 0.2) is 0 Å². The maximum Gasteiger partial charge on any atom is 0.233 e. The molecule has 0 radical (unpaired) electrons. The Kier molecular flexibility index (Phi) is 2.73. The molecule has 2 heterocycles. The van der Waals surface area contributed by atoms with Gasteiger partial charge in [0.05, 0.1) is 6.26 Å². The van der Waals surface area contributed by atoms with E-state index >= 15 is 0 Å². The van der Waals surface area contributed by atoms with Crippen LogP contribution in [0.15, 0.2) is 22.8 Å². The minimum Gasteiger partial charge on any atom is -0.468 e. The van der Waals surface area contributed by atoms with Crippen LogP contribution in [0.1, 0.15) is 17.0 Å². The van der Waals surface area contributed by atoms with Crippen LogP contribution < -0.4 is 10.5 Å². The standard InChI is InChI=1S/C10H13N3O2/c1-7-2-10(13-12-7)15-6-9-3-8(4-11)5-14-9/h2-3,5H,4,6,11H2,1H3,(H,12,13). The van der Waals surface area contributed by atoms with Crippen molar-refractivity contribution in [1.29, 1.82) is 0 Å². The predicted octanol–water partition coefficient (Wildman–Crippen LogP) is 1.35. The molecule has 0 aliphatic heterocycles. The van der Waals surface area contributed by atoms with E-state index in [2.05, 4.69) is 10.2 Å². The Hall–Kier alpha value is -1.75. The smallest absolute Gasteiger partial charge is 0.233 e. The Labute approximate surface area is 87.2 Å². The number of nitrogens with zero attached hydrogens (tertiary/aromatic N) is 1. The van der Waals surface area contributed by atoms with E-state index in [0.717, 1.165) is 17.0 Å². The molecule has 2 aromatic rings. The average Bonchev–Trinajstić information content (AvgIpc) is 2.83. The number of aromatic amines is 1. The number of aromatic nitrogens is 2. The van der Waals surface area contributed by atoms with Gasteiger partial charge in [-0.3, -0.25) is 5.10 Å². The third-order valence-electron chi connectivity index (χ3n) is 1.99. The van der Waals surface area contributed by atoms with E-state index in [-0.39, 0.29) is 0 Å². The van der Waals surface area contributed by atoms with Crippen LogP contribution in [0.4, 0.5) is 0 Å². The molecule has 2 rings (SSSR count). The number of nitrogens with two attached hydrogens (primary N) is 1. The second-order valence-corrected chi connectivity index (χ2v) is 3.30. The first-order chi connectivity index (χ1) is 7.28. The fourth-order valence-electron chi connectivity index (χ4n) is 1.22. The van der Waals surface area contributed by atoms with Gasteiger partial charge in [-0.1, -0.05) is 0 Å². The van der Waals surface area contributed by atoms with Gasteiger partial charge in [0, 0.05) is 23.9 Å². The number of ether oxygens (including phenoxy) is 1. The second-order valence-electron chi connectivity index (χ2n) is 3.30. The highest BCUT2D eigenvalue weighted by Gasteiger charge is 2.03. The lowest BCUT2D eigenvalue weighted by atomic mass is 10.3. The molecular weight excluding hydrogens is 194 g/mol. The summed E-state index contributed by atoms with van der Waals surface area (Å²) >= 11 is 0. The third-order valence-corrected chi connectivity index (χ3v) is 1.99. The first-order valence-electron chi connectivity index (χ1n) is 4.69. The molecule has 0 aliphatic carbocycles. The summed E-state index contributed by atoms with van der Waals surface area (Å²) in [6.45, 7) is 2.76. The summed E-state index contributed by atoms with van der Waals surface area (Å²) in [5.41, 5.74) is 7.39. The average molecular weight is 207 g/mol. The van der Waals surface area contributed by atoms with Gasteiger partial charge in [-0.2, -0.15) is 0 Å². The first kappa shape index (κ1) is 9.79. The van der Waals surface area contributed by atoms with Crippen molar-refractivity contribution in [2.45, 2.75) is 20.1 Å². The lowest BCUT2D eigenvalue weighted by Gasteiger charge is -1.97. The molecule has 0 unspecified atom stereocenters. The van der Waals surface area contributed by atoms with E-state index in [1.54, 1.807) is 6.26 Å². The Bertz CT molecular complexity index is 433. The van der Waals surface area contributed by atoms with Crippen LogP contribution in [0.3, 0.4) is 0 Å². The maximum atomic E-state index is 5.46. The molecule has 0 atom stereocenters. The van der Waals surface area contributed by atoms with Gasteiger partial charge >= 0.3 is 0 Å². The molecule has 0 bridgehead atoms. The maximum absolute atomic E-state index is 5.46. The molecule has 0 fully saturated rings. The summed E-state index contributed by atoms with van der Waals surface area (Å²) in [5.74, 6) is 1.31. The fraction of sp³-hybridized carbons (Fsp3) is 0.300. The van der Waals surface area contributed by atoms with Gasteiger partial charge in [0.25, 0.3) is 0 Å². The van der Waals surface area contributed by atoms with Gasteiger partial charge in [-0.15, -0.1) is 5.10 Å². The van der Waals surface area contributed by atoms with Crippen LogP contribution in [0.2, 0.25) is 0 Å². The molecule has 0 saturated carbocycles. The van der Waals surface area contributed by atoms with Crippen molar-refractivity contribution >= 4 is 0 Å². The van der Waals surface area contributed by atoms with E-state index in [1.807, 2.05) is 19.1 Å². The van der Waals surface area contributed by atoms with E-state index in [0.29, 0.717) is 19.0 Å². The minimum absolute atomic E-state index is 0.365. The van der Waals surface area contributed by atoms with Gasteiger partial charge in [0.1, 0.15) is 12.4 Å². The van der Waals surface area contributed by atoms with E-state index in [9.17, 15) is 0 Å². The minimum atomic E-state index is 0.365. The normalized spacial score (nSPS) is 10.5. The number of hydrogen-bond donors (Lipinski definition) is 2. The second kappa shape index (κ2) is 4.18. The molecule has 0 amide bonds. The molecule has 5 nitrogen and oxygen atoms in total. The summed E-state index contributed by atoms with van der Waals surface area (Å²) < 4.78 is 10.6. The monoisotopic (exact) mass is 207 g/mol. The van der Waals surface area contributed by atoms with Crippen LogP contribution >= 0.6 is 0 Å². The highest BCUT2D eigenvalue weighted by Crippen LogP contribution is 2.12. The summed E-state index contributed by atoms with van der Waals surface area (Å²) in [7, 11) is 0. The molecule has 0 aromatic carbocycles. The Morgan fingerprint density at radius 3 is 3.00 bits per heavy atom. The van der Waals surface area contributed by atoms with E-state index in [1.165, 1.54) is 0 Å². The highest BCUT2D eigenvalue weighted by atomic mass is 16.5. The van der Waals surface area contributed by atoms with Crippen LogP contribution in [-0.2, 0) is 13.2 Å². The zero-order valence-corrected chi connectivity index (χ0v) is 8.49. The van der Waals surface area contributed by atoms with Crippen molar-refractivity contribution in [3.05, 3.63) is 35.4 Å². The zero-order valence-electron chi connectivity index (χ0n) is 8.49. The zero-order chi connectivity index (χ0) is 10.7. The topological polar surface area (TPSA) is 77.1 Å². The van der Waals surface area contributed by atoms with Crippen LogP contribution in [0.5, 0.6) is 5.88 Å². The van der Waals surface area contributed by atoms with E-state index < -0.39 is 0 Å². The molecule has 0 spiro atoms. The number of hydrogen-bond acceptors (Lipinski definition) is 4. The van der Waals surface area contributed by atoms with Crippen molar-refractivity contribution in [2.24, 2.45) is 5.73 Å². The SMILES string of the molecule is Cc1cc(OCc2cc(CN)co2)n[nH]1. The predicted molar refractivity (Wildman–Crippen MR) is 54.3 cm³/mol. The number of H-pyrrole nitrogens is 1. The fourth-order valence-corrected chi connectivity index (χ4v) is 1.22. The molecule has 80 valence electrons. The molecular formula is C10H13N3O2. The van der Waals surface area contributed by atoms with Gasteiger partial charge in [0.2, 0.25) is 5.88 Å². The third kappa shape index (κ3) is 2.38. The summed E-state index contributed by atoms with van der Waals surface area (Å²) in [4.78, 5) is 0. The number of rotatable bonds is 4. The van der Waals surface area contributed by atoms with Crippen molar-refractivity contribution < 1.29 is 9.15 Å². The summed E-state index contributed by atoms with van der Waals surface area (Å²) in [5, 5.41) is 6.74. The van der Waals surface area contributed by atoms with Gasteiger partial charge in [-0.05, 0) is 13.0 Å². The Morgan fingerprint density at radius 1 is 1.53 bits per heavy atom. The first-order valence-corrected chi connectivity index (χ1v) is 4.69. The molecule has 0 aliphatic rings. The Balaban J connectivity index is 1.93. The van der Waals surface area contributed by atoms with E-state index in [4.69, 9.17) is 14.9 Å². The number of aryl methyl sites for hydroxylation is 1. The molecule has 2 aromatic heterocycles. The molecule has 3 N–H and O–H groups in total. The highest BCUT2D eigenvalue weighted by molar-refractivity contribution is 5.15. The number of nitrogens with one attached hydrogen (secondary N) is 1. The molecule has 0 saturated heterocycles.